The number of carbonyl (C=O) groups excluding carboxylic acids is 2. The minimum absolute atomic E-state index is 0.307. The Hall–Kier alpha value is -2.34. The van der Waals surface area contributed by atoms with E-state index in [0.29, 0.717) is 26.2 Å². The number of carbonyl (C=O) groups is 2. The highest BCUT2D eigenvalue weighted by atomic mass is 35.5. The zero-order chi connectivity index (χ0) is 18.5. The molecule has 4 nitrogen and oxygen atoms in total. The molecule has 0 spiro atoms. The highest BCUT2D eigenvalue weighted by Crippen LogP contribution is 2.26. The first kappa shape index (κ1) is 18.5. The Morgan fingerprint density at radius 1 is 0.923 bits per heavy atom. The van der Waals surface area contributed by atoms with Crippen molar-refractivity contribution in [3.05, 3.63) is 86.5 Å². The Kier molecular flexibility index (Phi) is 5.93. The molecule has 0 aliphatic rings. The van der Waals surface area contributed by atoms with Crippen LogP contribution in [0.25, 0.3) is 0 Å². The van der Waals surface area contributed by atoms with Gasteiger partial charge in [0.05, 0.1) is 14.9 Å². The van der Waals surface area contributed by atoms with E-state index < -0.39 is 6.04 Å². The number of hydrogen-bond acceptors (Lipinski definition) is 3. The van der Waals surface area contributed by atoms with Gasteiger partial charge in [-0.3, -0.25) is 9.59 Å². The number of hydrogen-bond donors (Lipinski definition) is 2. The van der Waals surface area contributed by atoms with Crippen LogP contribution in [0.5, 0.6) is 0 Å². The van der Waals surface area contributed by atoms with Gasteiger partial charge in [0.15, 0.2) is 0 Å². The van der Waals surface area contributed by atoms with Crippen LogP contribution >= 0.6 is 34.5 Å². The fraction of sp³-hybridized carbons (Fsp3) is 0.0526. The van der Waals surface area contributed by atoms with Gasteiger partial charge >= 0.3 is 0 Å². The van der Waals surface area contributed by atoms with Gasteiger partial charge in [0, 0.05) is 5.69 Å². The van der Waals surface area contributed by atoms with E-state index in [9.17, 15) is 9.59 Å². The number of amides is 2. The largest absolute Gasteiger partial charge is 0.336 e. The molecule has 3 rings (SSSR count). The Labute approximate surface area is 164 Å². The maximum absolute atomic E-state index is 12.8. The molecule has 7 heteroatoms. The van der Waals surface area contributed by atoms with E-state index >= 15 is 0 Å². The summed E-state index contributed by atoms with van der Waals surface area (Å²) in [6, 6.07) is 16.5. The van der Waals surface area contributed by atoms with Gasteiger partial charge in [0.1, 0.15) is 6.04 Å². The second-order valence-corrected chi connectivity index (χ2v) is 7.17. The SMILES string of the molecule is O=C(NC(C(=O)Nc1ccc(Cl)c(Cl)c1)c1ccccc1)c1cccs1. The van der Waals surface area contributed by atoms with Crippen molar-refractivity contribution in [3.8, 4) is 0 Å². The van der Waals surface area contributed by atoms with Crippen molar-refractivity contribution < 1.29 is 9.59 Å². The summed E-state index contributed by atoms with van der Waals surface area (Å²) in [5.41, 5.74) is 1.17. The van der Waals surface area contributed by atoms with E-state index in [1.165, 1.54) is 11.3 Å². The fourth-order valence-electron chi connectivity index (χ4n) is 2.34. The van der Waals surface area contributed by atoms with Crippen molar-refractivity contribution in [2.45, 2.75) is 6.04 Å². The first-order valence-corrected chi connectivity index (χ1v) is 9.33. The Morgan fingerprint density at radius 2 is 1.69 bits per heavy atom. The molecule has 0 saturated carbocycles. The minimum Gasteiger partial charge on any atom is -0.336 e. The molecule has 2 amide bonds. The van der Waals surface area contributed by atoms with Crippen LogP contribution in [0.2, 0.25) is 10.0 Å². The van der Waals surface area contributed by atoms with Crippen molar-refractivity contribution in [1.29, 1.82) is 0 Å². The van der Waals surface area contributed by atoms with E-state index in [2.05, 4.69) is 10.6 Å². The van der Waals surface area contributed by atoms with Crippen molar-refractivity contribution in [2.24, 2.45) is 0 Å². The van der Waals surface area contributed by atoms with Gasteiger partial charge in [-0.1, -0.05) is 59.6 Å². The molecule has 2 aromatic carbocycles. The molecule has 26 heavy (non-hydrogen) atoms. The molecular formula is C19H14Cl2N2O2S. The summed E-state index contributed by atoms with van der Waals surface area (Å²) in [4.78, 5) is 25.8. The van der Waals surface area contributed by atoms with Crippen LogP contribution in [0.1, 0.15) is 21.3 Å². The molecule has 0 saturated heterocycles. The summed E-state index contributed by atoms with van der Waals surface area (Å²) in [6.45, 7) is 0. The molecule has 1 aromatic heterocycles. The monoisotopic (exact) mass is 404 g/mol. The maximum atomic E-state index is 12.8. The molecule has 0 aliphatic heterocycles. The topological polar surface area (TPSA) is 58.2 Å². The third-order valence-electron chi connectivity index (χ3n) is 3.60. The lowest BCUT2D eigenvalue weighted by atomic mass is 10.1. The van der Waals surface area contributed by atoms with Gasteiger partial charge in [-0.05, 0) is 35.2 Å². The lowest BCUT2D eigenvalue weighted by Gasteiger charge is -2.19. The predicted molar refractivity (Wildman–Crippen MR) is 106 cm³/mol. The molecule has 0 bridgehead atoms. The summed E-state index contributed by atoms with van der Waals surface area (Å²) < 4.78 is 0. The van der Waals surface area contributed by atoms with Gasteiger partial charge < -0.3 is 10.6 Å². The zero-order valence-electron chi connectivity index (χ0n) is 13.4. The number of anilines is 1. The van der Waals surface area contributed by atoms with Gasteiger partial charge in [-0.2, -0.15) is 0 Å². The third kappa shape index (κ3) is 4.43. The smallest absolute Gasteiger partial charge is 0.262 e. The summed E-state index contributed by atoms with van der Waals surface area (Å²) in [5, 5.41) is 8.09. The molecule has 132 valence electrons. The van der Waals surface area contributed by atoms with Crippen molar-refractivity contribution in [1.82, 2.24) is 5.32 Å². The maximum Gasteiger partial charge on any atom is 0.262 e. The predicted octanol–water partition coefficient (Wildman–Crippen LogP) is 5.16. The second kappa shape index (κ2) is 8.36. The standard InChI is InChI=1S/C19H14Cl2N2O2S/c20-14-9-8-13(11-15(14)21)22-19(25)17(12-5-2-1-3-6-12)23-18(24)16-7-4-10-26-16/h1-11,17H,(H,22,25)(H,23,24). The molecule has 2 N–H and O–H groups in total. The lowest BCUT2D eigenvalue weighted by molar-refractivity contribution is -0.118. The Bertz CT molecular complexity index is 915. The Morgan fingerprint density at radius 3 is 2.35 bits per heavy atom. The van der Waals surface area contributed by atoms with Crippen molar-refractivity contribution >= 4 is 52.0 Å². The number of rotatable bonds is 5. The summed E-state index contributed by atoms with van der Waals surface area (Å²) >= 11 is 13.2. The van der Waals surface area contributed by atoms with E-state index in [0.717, 1.165) is 0 Å². The van der Waals surface area contributed by atoms with Crippen LogP contribution in [0, 0.1) is 0 Å². The molecule has 1 heterocycles. The van der Waals surface area contributed by atoms with E-state index in [1.54, 1.807) is 42.5 Å². The Balaban J connectivity index is 1.83. The van der Waals surface area contributed by atoms with Crippen LogP contribution in [-0.4, -0.2) is 11.8 Å². The number of halogens is 2. The molecule has 3 aromatic rings. The van der Waals surface area contributed by atoms with Crippen molar-refractivity contribution in [3.63, 3.8) is 0 Å². The first-order valence-electron chi connectivity index (χ1n) is 7.70. The lowest BCUT2D eigenvalue weighted by Crippen LogP contribution is -2.36. The fourth-order valence-corrected chi connectivity index (χ4v) is 3.27. The quantitative estimate of drug-likeness (QED) is 0.616. The van der Waals surface area contributed by atoms with Crippen molar-refractivity contribution in [2.75, 3.05) is 5.32 Å². The molecule has 0 radical (unpaired) electrons. The van der Waals surface area contributed by atoms with E-state index in [1.807, 2.05) is 23.6 Å². The highest BCUT2D eigenvalue weighted by Gasteiger charge is 2.24. The molecule has 0 aliphatic carbocycles. The normalized spacial score (nSPS) is 11.6. The van der Waals surface area contributed by atoms with Crippen LogP contribution in [-0.2, 0) is 4.79 Å². The summed E-state index contributed by atoms with van der Waals surface area (Å²) in [6.07, 6.45) is 0. The van der Waals surface area contributed by atoms with Crippen LogP contribution < -0.4 is 10.6 Å². The second-order valence-electron chi connectivity index (χ2n) is 5.41. The number of thiophene rings is 1. The van der Waals surface area contributed by atoms with E-state index in [-0.39, 0.29) is 11.8 Å². The highest BCUT2D eigenvalue weighted by molar-refractivity contribution is 7.12. The number of benzene rings is 2. The van der Waals surface area contributed by atoms with Gasteiger partial charge in [0.2, 0.25) is 0 Å². The van der Waals surface area contributed by atoms with Gasteiger partial charge in [0.25, 0.3) is 11.8 Å². The molecular weight excluding hydrogens is 391 g/mol. The zero-order valence-corrected chi connectivity index (χ0v) is 15.7. The average Bonchev–Trinajstić information content (AvgIpc) is 3.18. The summed E-state index contributed by atoms with van der Waals surface area (Å²) in [5.74, 6) is -0.683. The first-order chi connectivity index (χ1) is 12.5. The molecule has 0 fully saturated rings. The summed E-state index contributed by atoms with van der Waals surface area (Å²) in [7, 11) is 0. The minimum atomic E-state index is -0.847. The van der Waals surface area contributed by atoms with E-state index in [4.69, 9.17) is 23.2 Å². The van der Waals surface area contributed by atoms with Crippen LogP contribution in [0.4, 0.5) is 5.69 Å². The average molecular weight is 405 g/mol. The third-order valence-corrected chi connectivity index (χ3v) is 5.21. The molecule has 1 unspecified atom stereocenters. The molecule has 1 atom stereocenters. The van der Waals surface area contributed by atoms with Gasteiger partial charge in [-0.25, -0.2) is 0 Å². The number of nitrogens with one attached hydrogen (secondary N) is 2. The van der Waals surface area contributed by atoms with Crippen LogP contribution in [0.3, 0.4) is 0 Å². The van der Waals surface area contributed by atoms with Gasteiger partial charge in [-0.15, -0.1) is 11.3 Å². The van der Waals surface area contributed by atoms with Crippen LogP contribution in [0.15, 0.2) is 66.0 Å².